The van der Waals surface area contributed by atoms with E-state index in [0.717, 1.165) is 16.7 Å². The van der Waals surface area contributed by atoms with Crippen LogP contribution in [0.25, 0.3) is 10.4 Å². The predicted molar refractivity (Wildman–Crippen MR) is 90.4 cm³/mol. The van der Waals surface area contributed by atoms with E-state index in [-0.39, 0.29) is 6.01 Å². The third kappa shape index (κ3) is 3.21. The van der Waals surface area contributed by atoms with E-state index in [9.17, 15) is 4.79 Å². The first-order valence-corrected chi connectivity index (χ1v) is 7.90. The zero-order chi connectivity index (χ0) is 16.9. The Balaban J connectivity index is 2.02. The van der Waals surface area contributed by atoms with Crippen molar-refractivity contribution in [1.29, 1.82) is 0 Å². The van der Waals surface area contributed by atoms with Crippen molar-refractivity contribution in [3.8, 4) is 34.0 Å². The first kappa shape index (κ1) is 15.9. The number of thiophene rings is 1. The lowest BCUT2D eigenvalue weighted by atomic mass is 10.1. The topological polar surface area (TPSA) is 70.5 Å². The fraction of sp³-hybridized carbons (Fsp3) is 0.118. The maximum Gasteiger partial charge on any atom is 0.328 e. The molecule has 0 saturated carbocycles. The second-order valence-corrected chi connectivity index (χ2v) is 5.60. The Labute approximate surface area is 142 Å². The van der Waals surface area contributed by atoms with Crippen LogP contribution in [0.2, 0.25) is 0 Å². The van der Waals surface area contributed by atoms with Crippen LogP contribution < -0.4 is 14.2 Å². The van der Waals surface area contributed by atoms with Crippen LogP contribution >= 0.6 is 11.3 Å². The highest BCUT2D eigenvalue weighted by atomic mass is 32.1. The molecule has 0 fully saturated rings. The van der Waals surface area contributed by atoms with Crippen LogP contribution in [0.4, 0.5) is 0 Å². The van der Waals surface area contributed by atoms with Gasteiger partial charge in [-0.25, -0.2) is 0 Å². The molecule has 0 N–H and O–H groups in total. The third-order valence-corrected chi connectivity index (χ3v) is 4.15. The van der Waals surface area contributed by atoms with Crippen LogP contribution in [-0.4, -0.2) is 30.5 Å². The Bertz CT molecular complexity index is 828. The van der Waals surface area contributed by atoms with Crippen LogP contribution in [0, 0.1) is 0 Å². The lowest BCUT2D eigenvalue weighted by Gasteiger charge is -2.11. The number of rotatable bonds is 6. The fourth-order valence-corrected chi connectivity index (χ4v) is 2.90. The van der Waals surface area contributed by atoms with E-state index in [1.165, 1.54) is 20.3 Å². The minimum absolute atomic E-state index is 0.0395. The molecule has 0 saturated heterocycles. The third-order valence-electron chi connectivity index (χ3n) is 3.25. The molecular weight excluding hydrogens is 328 g/mol. The molecule has 3 rings (SSSR count). The Morgan fingerprint density at radius 3 is 2.38 bits per heavy atom. The molecule has 0 atom stereocenters. The van der Waals surface area contributed by atoms with Crippen molar-refractivity contribution in [3.63, 3.8) is 0 Å². The maximum atomic E-state index is 11.6. The van der Waals surface area contributed by atoms with Gasteiger partial charge in [0.2, 0.25) is 11.8 Å². The van der Waals surface area contributed by atoms with Gasteiger partial charge < -0.3 is 14.2 Å². The van der Waals surface area contributed by atoms with Crippen molar-refractivity contribution in [2.45, 2.75) is 0 Å². The van der Waals surface area contributed by atoms with Crippen molar-refractivity contribution in [2.24, 2.45) is 0 Å². The molecule has 0 amide bonds. The summed E-state index contributed by atoms with van der Waals surface area (Å²) in [5, 5.41) is 1.95. The molecule has 0 aliphatic rings. The summed E-state index contributed by atoms with van der Waals surface area (Å²) >= 11 is 1.55. The minimum atomic E-state index is 0.0395. The van der Waals surface area contributed by atoms with Gasteiger partial charge in [-0.3, -0.25) is 4.79 Å². The maximum absolute atomic E-state index is 11.6. The summed E-state index contributed by atoms with van der Waals surface area (Å²) in [5.74, 6) is 0.976. The zero-order valence-electron chi connectivity index (χ0n) is 13.1. The molecule has 0 spiro atoms. The van der Waals surface area contributed by atoms with E-state index in [0.29, 0.717) is 23.1 Å². The second-order valence-electron chi connectivity index (χ2n) is 4.65. The molecule has 0 bridgehead atoms. The number of hydrogen-bond donors (Lipinski definition) is 0. The lowest BCUT2D eigenvalue weighted by molar-refractivity contribution is 0.112. The van der Waals surface area contributed by atoms with Gasteiger partial charge in [-0.1, -0.05) is 18.2 Å². The summed E-state index contributed by atoms with van der Waals surface area (Å²) in [6.07, 6.45) is 0.766. The number of nitrogens with zero attached hydrogens (tertiary/aromatic N) is 2. The summed E-state index contributed by atoms with van der Waals surface area (Å²) < 4.78 is 15.9. The van der Waals surface area contributed by atoms with E-state index in [2.05, 4.69) is 9.97 Å². The Morgan fingerprint density at radius 2 is 1.79 bits per heavy atom. The minimum Gasteiger partial charge on any atom is -0.481 e. The van der Waals surface area contributed by atoms with Gasteiger partial charge in [0.05, 0.1) is 25.8 Å². The molecule has 1 aromatic carbocycles. The van der Waals surface area contributed by atoms with E-state index in [1.54, 1.807) is 17.4 Å². The van der Waals surface area contributed by atoms with Crippen molar-refractivity contribution in [1.82, 2.24) is 9.97 Å². The first-order valence-electron chi connectivity index (χ1n) is 7.02. The Hall–Kier alpha value is -2.93. The number of ether oxygens (including phenoxy) is 3. The Kier molecular flexibility index (Phi) is 4.72. The molecule has 0 aliphatic heterocycles. The number of hydrogen-bond acceptors (Lipinski definition) is 7. The normalized spacial score (nSPS) is 10.2. The van der Waals surface area contributed by atoms with Crippen LogP contribution in [0.3, 0.4) is 0 Å². The smallest absolute Gasteiger partial charge is 0.328 e. The monoisotopic (exact) mass is 342 g/mol. The molecular formula is C17H14N2O4S. The summed E-state index contributed by atoms with van der Waals surface area (Å²) in [6, 6.07) is 10.8. The number of methoxy groups -OCH3 is 2. The highest BCUT2D eigenvalue weighted by Crippen LogP contribution is 2.34. The molecule has 0 unspecified atom stereocenters. The van der Waals surface area contributed by atoms with Gasteiger partial charge in [-0.15, -0.1) is 11.3 Å². The molecule has 2 aromatic heterocycles. The van der Waals surface area contributed by atoms with Crippen LogP contribution in [0.15, 0.2) is 41.8 Å². The van der Waals surface area contributed by atoms with Gasteiger partial charge in [-0.2, -0.15) is 9.97 Å². The molecule has 6 nitrogen and oxygen atoms in total. The predicted octanol–water partition coefficient (Wildman–Crippen LogP) is 3.83. The number of aromatic nitrogens is 2. The summed E-state index contributed by atoms with van der Waals surface area (Å²) in [4.78, 5) is 20.8. The zero-order valence-corrected chi connectivity index (χ0v) is 13.9. The van der Waals surface area contributed by atoms with Crippen molar-refractivity contribution in [2.75, 3.05) is 14.2 Å². The summed E-state index contributed by atoms with van der Waals surface area (Å²) in [6.45, 7) is 0. The van der Waals surface area contributed by atoms with Crippen LogP contribution in [-0.2, 0) is 0 Å². The van der Waals surface area contributed by atoms with Crippen LogP contribution in [0.5, 0.6) is 23.5 Å². The number of carbonyl (C=O) groups is 1. The highest BCUT2D eigenvalue weighted by Gasteiger charge is 2.14. The van der Waals surface area contributed by atoms with Crippen molar-refractivity contribution >= 4 is 17.6 Å². The summed E-state index contributed by atoms with van der Waals surface area (Å²) in [7, 11) is 2.97. The molecule has 122 valence electrons. The van der Waals surface area contributed by atoms with Gasteiger partial charge in [0.1, 0.15) is 5.75 Å². The highest BCUT2D eigenvalue weighted by molar-refractivity contribution is 7.13. The van der Waals surface area contributed by atoms with E-state index in [1.807, 2.05) is 29.6 Å². The molecule has 24 heavy (non-hydrogen) atoms. The SMILES string of the molecule is COc1cc(OC)nc(Oc2cccc(-c3cccs3)c2C=O)n1. The Morgan fingerprint density at radius 1 is 1.04 bits per heavy atom. The average Bonchev–Trinajstić information content (AvgIpc) is 3.15. The largest absolute Gasteiger partial charge is 0.481 e. The molecule has 2 heterocycles. The molecule has 3 aromatic rings. The van der Waals surface area contributed by atoms with Gasteiger partial charge in [0.25, 0.3) is 0 Å². The standard InChI is InChI=1S/C17H14N2O4S/c1-21-15-9-16(22-2)19-17(18-15)23-13-6-3-5-11(12(13)10-20)14-7-4-8-24-14/h3-10H,1-2H3. The fourth-order valence-electron chi connectivity index (χ4n) is 2.14. The van der Waals surface area contributed by atoms with E-state index >= 15 is 0 Å². The van der Waals surface area contributed by atoms with E-state index < -0.39 is 0 Å². The summed E-state index contributed by atoms with van der Waals surface area (Å²) in [5.41, 5.74) is 1.23. The van der Waals surface area contributed by atoms with Crippen molar-refractivity contribution < 1.29 is 19.0 Å². The molecule has 0 aliphatic carbocycles. The van der Waals surface area contributed by atoms with E-state index in [4.69, 9.17) is 14.2 Å². The quantitative estimate of drug-likeness (QED) is 0.634. The molecule has 7 heteroatoms. The van der Waals surface area contributed by atoms with Gasteiger partial charge in [0.15, 0.2) is 6.29 Å². The number of benzene rings is 1. The van der Waals surface area contributed by atoms with Gasteiger partial charge in [-0.05, 0) is 17.5 Å². The average molecular weight is 342 g/mol. The van der Waals surface area contributed by atoms with Gasteiger partial charge >= 0.3 is 6.01 Å². The second kappa shape index (κ2) is 7.10. The first-order chi connectivity index (χ1) is 11.7. The lowest BCUT2D eigenvalue weighted by Crippen LogP contribution is -2.00. The van der Waals surface area contributed by atoms with Crippen molar-refractivity contribution in [3.05, 3.63) is 47.3 Å². The molecule has 0 radical (unpaired) electrons. The number of carbonyl (C=O) groups excluding carboxylic acids is 1. The van der Waals surface area contributed by atoms with Crippen LogP contribution in [0.1, 0.15) is 10.4 Å². The van der Waals surface area contributed by atoms with Gasteiger partial charge in [0, 0.05) is 10.4 Å². The number of aldehydes is 1.